The highest BCUT2D eigenvalue weighted by molar-refractivity contribution is 7.99. The van der Waals surface area contributed by atoms with Gasteiger partial charge in [-0.2, -0.15) is 11.8 Å². The van der Waals surface area contributed by atoms with E-state index in [1.165, 1.54) is 44.1 Å². The minimum atomic E-state index is 0.635. The van der Waals surface area contributed by atoms with E-state index in [1.54, 1.807) is 0 Å². The number of aryl methyl sites for hydroxylation is 1. The molecule has 0 bridgehead atoms. The summed E-state index contributed by atoms with van der Waals surface area (Å²) in [7, 11) is 0. The van der Waals surface area contributed by atoms with Crippen LogP contribution in [-0.4, -0.2) is 23.6 Å². The van der Waals surface area contributed by atoms with Gasteiger partial charge in [-0.3, -0.25) is 0 Å². The Labute approximate surface area is 122 Å². The van der Waals surface area contributed by atoms with Gasteiger partial charge in [0.05, 0.1) is 0 Å². The summed E-state index contributed by atoms with van der Waals surface area (Å²) in [6.45, 7) is 2.34. The zero-order chi connectivity index (χ0) is 13.5. The van der Waals surface area contributed by atoms with Crippen LogP contribution >= 0.6 is 11.8 Å². The average Bonchev–Trinajstić information content (AvgIpc) is 2.47. The summed E-state index contributed by atoms with van der Waals surface area (Å²) in [4.78, 5) is 0. The third-order valence-corrected chi connectivity index (χ3v) is 5.37. The molecule has 1 fully saturated rings. The van der Waals surface area contributed by atoms with E-state index in [1.807, 2.05) is 11.8 Å². The molecule has 1 atom stereocenters. The first-order chi connectivity index (χ1) is 9.28. The largest absolute Gasteiger partial charge is 0.311 e. The molecule has 1 aliphatic rings. The maximum Gasteiger partial charge on any atom is 0.00703 e. The fourth-order valence-corrected chi connectivity index (χ4v) is 3.72. The summed E-state index contributed by atoms with van der Waals surface area (Å²) >= 11 is 2.05. The first kappa shape index (κ1) is 14.9. The molecule has 0 aliphatic heterocycles. The molecule has 0 radical (unpaired) electrons. The Kier molecular flexibility index (Phi) is 6.25. The zero-order valence-corrected chi connectivity index (χ0v) is 13.1. The number of nitrogens with one attached hydrogen (secondary N) is 1. The molecule has 2 heteroatoms. The zero-order valence-electron chi connectivity index (χ0n) is 12.3. The lowest BCUT2D eigenvalue weighted by molar-refractivity contribution is 0.341. The molecule has 0 amide bonds. The summed E-state index contributed by atoms with van der Waals surface area (Å²) < 4.78 is 0. The fourth-order valence-electron chi connectivity index (χ4n) is 2.98. The van der Waals surface area contributed by atoms with Gasteiger partial charge in [-0.25, -0.2) is 0 Å². The molecule has 106 valence electrons. The lowest BCUT2D eigenvalue weighted by atomic mass is 9.94. The summed E-state index contributed by atoms with van der Waals surface area (Å²) in [5, 5.41) is 4.74. The lowest BCUT2D eigenvalue weighted by Gasteiger charge is -2.30. The highest BCUT2D eigenvalue weighted by Crippen LogP contribution is 2.27. The molecular formula is C17H27NS. The molecule has 0 spiro atoms. The molecular weight excluding hydrogens is 250 g/mol. The molecule has 0 heterocycles. The first-order valence-electron chi connectivity index (χ1n) is 7.60. The smallest absolute Gasteiger partial charge is 0.00703 e. The number of benzene rings is 1. The SMILES string of the molecule is CSC1CCC(NC(C)CCc2ccccc2)CC1. The van der Waals surface area contributed by atoms with Crippen LogP contribution in [0.5, 0.6) is 0 Å². The van der Waals surface area contributed by atoms with Crippen LogP contribution in [-0.2, 0) is 6.42 Å². The van der Waals surface area contributed by atoms with Gasteiger partial charge < -0.3 is 5.32 Å². The Bertz CT molecular complexity index is 344. The summed E-state index contributed by atoms with van der Waals surface area (Å²) in [6, 6.07) is 12.2. The van der Waals surface area contributed by atoms with Crippen LogP contribution in [0, 0.1) is 0 Å². The predicted molar refractivity (Wildman–Crippen MR) is 86.9 cm³/mol. The maximum atomic E-state index is 3.82. The second-order valence-electron chi connectivity index (χ2n) is 5.80. The molecule has 0 saturated heterocycles. The minimum Gasteiger partial charge on any atom is -0.311 e. The van der Waals surface area contributed by atoms with Gasteiger partial charge in [0.1, 0.15) is 0 Å². The van der Waals surface area contributed by atoms with Crippen LogP contribution in [0.1, 0.15) is 44.6 Å². The van der Waals surface area contributed by atoms with Crippen LogP contribution in [0.25, 0.3) is 0 Å². The van der Waals surface area contributed by atoms with Crippen LogP contribution < -0.4 is 5.32 Å². The van der Waals surface area contributed by atoms with E-state index in [9.17, 15) is 0 Å². The average molecular weight is 277 g/mol. The van der Waals surface area contributed by atoms with Crippen molar-refractivity contribution in [2.24, 2.45) is 0 Å². The van der Waals surface area contributed by atoms with E-state index in [0.29, 0.717) is 6.04 Å². The Morgan fingerprint density at radius 2 is 1.84 bits per heavy atom. The van der Waals surface area contributed by atoms with Crippen molar-refractivity contribution in [1.29, 1.82) is 0 Å². The highest BCUT2D eigenvalue weighted by Gasteiger charge is 2.21. The van der Waals surface area contributed by atoms with Crippen molar-refractivity contribution < 1.29 is 0 Å². The Balaban J connectivity index is 1.66. The summed E-state index contributed by atoms with van der Waals surface area (Å²) in [5.74, 6) is 0. The molecule has 0 aromatic heterocycles. The lowest BCUT2D eigenvalue weighted by Crippen LogP contribution is -2.39. The van der Waals surface area contributed by atoms with Crippen LogP contribution in [0.3, 0.4) is 0 Å². The molecule has 1 N–H and O–H groups in total. The Hall–Kier alpha value is -0.470. The number of hydrogen-bond donors (Lipinski definition) is 1. The Morgan fingerprint density at radius 1 is 1.16 bits per heavy atom. The molecule has 1 saturated carbocycles. The van der Waals surface area contributed by atoms with Gasteiger partial charge in [0.15, 0.2) is 0 Å². The van der Waals surface area contributed by atoms with Gasteiger partial charge in [-0.15, -0.1) is 0 Å². The van der Waals surface area contributed by atoms with Gasteiger partial charge in [-0.1, -0.05) is 30.3 Å². The monoisotopic (exact) mass is 277 g/mol. The van der Waals surface area contributed by atoms with E-state index in [2.05, 4.69) is 48.8 Å². The van der Waals surface area contributed by atoms with E-state index in [4.69, 9.17) is 0 Å². The highest BCUT2D eigenvalue weighted by atomic mass is 32.2. The van der Waals surface area contributed by atoms with Crippen LogP contribution in [0.15, 0.2) is 30.3 Å². The van der Waals surface area contributed by atoms with Crippen molar-refractivity contribution in [3.05, 3.63) is 35.9 Å². The topological polar surface area (TPSA) is 12.0 Å². The van der Waals surface area contributed by atoms with Crippen molar-refractivity contribution in [1.82, 2.24) is 5.32 Å². The maximum absolute atomic E-state index is 3.82. The molecule has 2 rings (SSSR count). The number of hydrogen-bond acceptors (Lipinski definition) is 2. The van der Waals surface area contributed by atoms with E-state index >= 15 is 0 Å². The third-order valence-electron chi connectivity index (χ3n) is 4.24. The summed E-state index contributed by atoms with van der Waals surface area (Å²) in [6.07, 6.45) is 10.2. The van der Waals surface area contributed by atoms with Gasteiger partial charge in [0.25, 0.3) is 0 Å². The number of rotatable bonds is 6. The van der Waals surface area contributed by atoms with Gasteiger partial charge >= 0.3 is 0 Å². The molecule has 1 unspecified atom stereocenters. The second-order valence-corrected chi connectivity index (χ2v) is 6.94. The minimum absolute atomic E-state index is 0.635. The number of thioether (sulfide) groups is 1. The molecule has 1 aromatic rings. The van der Waals surface area contributed by atoms with Crippen molar-refractivity contribution in [2.45, 2.75) is 62.8 Å². The third kappa shape index (κ3) is 5.19. The van der Waals surface area contributed by atoms with E-state index < -0.39 is 0 Å². The van der Waals surface area contributed by atoms with E-state index in [-0.39, 0.29) is 0 Å². The molecule has 1 nitrogen and oxygen atoms in total. The Morgan fingerprint density at radius 3 is 2.47 bits per heavy atom. The van der Waals surface area contributed by atoms with Crippen LogP contribution in [0.2, 0.25) is 0 Å². The molecule has 1 aliphatic carbocycles. The van der Waals surface area contributed by atoms with E-state index in [0.717, 1.165) is 11.3 Å². The molecule has 1 aromatic carbocycles. The normalized spacial score (nSPS) is 25.2. The fraction of sp³-hybridized carbons (Fsp3) is 0.647. The van der Waals surface area contributed by atoms with Crippen LogP contribution in [0.4, 0.5) is 0 Å². The van der Waals surface area contributed by atoms with Crippen molar-refractivity contribution in [2.75, 3.05) is 6.26 Å². The van der Waals surface area contributed by atoms with Gasteiger partial charge in [0, 0.05) is 17.3 Å². The quantitative estimate of drug-likeness (QED) is 0.833. The predicted octanol–water partition coefficient (Wildman–Crippen LogP) is 4.27. The van der Waals surface area contributed by atoms with Gasteiger partial charge in [0.2, 0.25) is 0 Å². The summed E-state index contributed by atoms with van der Waals surface area (Å²) in [5.41, 5.74) is 1.46. The van der Waals surface area contributed by atoms with Crippen molar-refractivity contribution in [3.63, 3.8) is 0 Å². The standard InChI is InChI=1S/C17H27NS/c1-14(8-9-15-6-4-3-5-7-15)18-16-10-12-17(19-2)13-11-16/h3-7,14,16-18H,8-13H2,1-2H3. The van der Waals surface area contributed by atoms with Crippen molar-refractivity contribution >= 4 is 11.8 Å². The second kappa shape index (κ2) is 7.96. The first-order valence-corrected chi connectivity index (χ1v) is 8.89. The molecule has 19 heavy (non-hydrogen) atoms. The van der Waals surface area contributed by atoms with Gasteiger partial charge in [-0.05, 0) is 57.3 Å². The van der Waals surface area contributed by atoms with Crippen molar-refractivity contribution in [3.8, 4) is 0 Å².